The Morgan fingerprint density at radius 3 is 2.94 bits per heavy atom. The lowest BCUT2D eigenvalue weighted by Crippen LogP contribution is -2.05. The Morgan fingerprint density at radius 2 is 2.29 bits per heavy atom. The molecule has 3 nitrogen and oxygen atoms in total. The summed E-state index contributed by atoms with van der Waals surface area (Å²) in [6.45, 7) is 2.11. The van der Waals surface area contributed by atoms with Gasteiger partial charge in [0.25, 0.3) is 0 Å². The third-order valence-electron chi connectivity index (χ3n) is 2.42. The van der Waals surface area contributed by atoms with Gasteiger partial charge in [0, 0.05) is 21.6 Å². The van der Waals surface area contributed by atoms with Crippen molar-refractivity contribution in [2.45, 2.75) is 13.0 Å². The zero-order valence-corrected chi connectivity index (χ0v) is 12.0. The highest BCUT2D eigenvalue weighted by atomic mass is 79.9. The molecule has 0 fully saturated rings. The Kier molecular flexibility index (Phi) is 4.02. The van der Waals surface area contributed by atoms with E-state index < -0.39 is 0 Å². The molecular formula is C12H13BrN2OS. The first-order valence-corrected chi connectivity index (χ1v) is 6.86. The topological polar surface area (TPSA) is 34.1 Å². The summed E-state index contributed by atoms with van der Waals surface area (Å²) in [7, 11) is 1.67. The molecule has 0 aliphatic rings. The lowest BCUT2D eigenvalue weighted by atomic mass is 10.2. The minimum Gasteiger partial charge on any atom is -0.497 e. The fraction of sp³-hybridized carbons (Fsp3) is 0.250. The molecule has 0 radical (unpaired) electrons. The van der Waals surface area contributed by atoms with Crippen LogP contribution in [0, 0.1) is 0 Å². The van der Waals surface area contributed by atoms with Crippen LogP contribution in [-0.4, -0.2) is 12.1 Å². The first kappa shape index (κ1) is 12.4. The molecule has 90 valence electrons. The van der Waals surface area contributed by atoms with Crippen molar-refractivity contribution >= 4 is 33.0 Å². The zero-order chi connectivity index (χ0) is 12.3. The molecule has 2 aromatic rings. The van der Waals surface area contributed by atoms with Crippen LogP contribution in [0.25, 0.3) is 0 Å². The highest BCUT2D eigenvalue weighted by Crippen LogP contribution is 2.30. The van der Waals surface area contributed by atoms with Crippen LogP contribution in [0.5, 0.6) is 5.75 Å². The van der Waals surface area contributed by atoms with Crippen molar-refractivity contribution in [3.05, 3.63) is 39.3 Å². The Bertz CT molecular complexity index is 487. The molecule has 0 spiro atoms. The van der Waals surface area contributed by atoms with Crippen molar-refractivity contribution in [3.63, 3.8) is 0 Å². The molecule has 1 atom stereocenters. The molecule has 1 N–H and O–H groups in total. The average molecular weight is 313 g/mol. The van der Waals surface area contributed by atoms with Crippen LogP contribution in [0.3, 0.4) is 0 Å². The molecule has 0 aliphatic carbocycles. The quantitative estimate of drug-likeness (QED) is 0.923. The summed E-state index contributed by atoms with van der Waals surface area (Å²) in [5.41, 5.74) is 2.86. The number of nitrogens with one attached hydrogen (secondary N) is 1. The molecule has 2 rings (SSSR count). The van der Waals surface area contributed by atoms with Crippen LogP contribution in [-0.2, 0) is 0 Å². The maximum atomic E-state index is 5.21. The van der Waals surface area contributed by atoms with Gasteiger partial charge in [-0.3, -0.25) is 4.98 Å². The second-order valence-corrected chi connectivity index (χ2v) is 5.39. The smallest absolute Gasteiger partial charge is 0.121 e. The second-order valence-electron chi connectivity index (χ2n) is 3.62. The number of benzene rings is 1. The molecule has 0 amide bonds. The third kappa shape index (κ3) is 2.98. The van der Waals surface area contributed by atoms with Crippen molar-refractivity contribution in [2.24, 2.45) is 0 Å². The van der Waals surface area contributed by atoms with Crippen LogP contribution in [0.4, 0.5) is 5.69 Å². The Labute approximate surface area is 113 Å². The van der Waals surface area contributed by atoms with E-state index in [1.54, 1.807) is 18.4 Å². The number of hydrogen-bond donors (Lipinski definition) is 1. The van der Waals surface area contributed by atoms with E-state index in [9.17, 15) is 0 Å². The number of nitrogens with zero attached hydrogens (tertiary/aromatic N) is 1. The predicted molar refractivity (Wildman–Crippen MR) is 74.8 cm³/mol. The number of rotatable bonds is 4. The molecule has 1 heterocycles. The first-order valence-electron chi connectivity index (χ1n) is 5.19. The average Bonchev–Trinajstić information content (AvgIpc) is 2.85. The zero-order valence-electron chi connectivity index (χ0n) is 9.61. The maximum Gasteiger partial charge on any atom is 0.121 e. The van der Waals surface area contributed by atoms with Gasteiger partial charge in [-0.05, 0) is 35.0 Å². The summed E-state index contributed by atoms with van der Waals surface area (Å²) in [4.78, 5) is 5.29. The number of methoxy groups -OCH3 is 1. The number of anilines is 1. The second kappa shape index (κ2) is 5.51. The first-order chi connectivity index (χ1) is 8.20. The van der Waals surface area contributed by atoms with Crippen molar-refractivity contribution < 1.29 is 4.74 Å². The maximum absolute atomic E-state index is 5.21. The normalized spacial score (nSPS) is 12.2. The minimum absolute atomic E-state index is 0.228. The van der Waals surface area contributed by atoms with Gasteiger partial charge < -0.3 is 10.1 Å². The van der Waals surface area contributed by atoms with Crippen LogP contribution >= 0.6 is 27.3 Å². The molecule has 1 aromatic heterocycles. The fourth-order valence-electron chi connectivity index (χ4n) is 1.49. The van der Waals surface area contributed by atoms with Crippen LogP contribution in [0.1, 0.15) is 17.8 Å². The molecule has 0 bridgehead atoms. The Hall–Kier alpha value is -1.07. The van der Waals surface area contributed by atoms with Gasteiger partial charge in [-0.1, -0.05) is 0 Å². The number of thiazole rings is 1. The van der Waals surface area contributed by atoms with Crippen molar-refractivity contribution in [2.75, 3.05) is 12.4 Å². The van der Waals surface area contributed by atoms with Crippen molar-refractivity contribution in [1.82, 2.24) is 4.98 Å². The molecule has 0 aliphatic heterocycles. The fourth-order valence-corrected chi connectivity index (χ4v) is 2.48. The number of halogens is 1. The van der Waals surface area contributed by atoms with E-state index in [0.29, 0.717) is 0 Å². The van der Waals surface area contributed by atoms with Gasteiger partial charge in [0.15, 0.2) is 0 Å². The molecule has 0 saturated carbocycles. The van der Waals surface area contributed by atoms with Gasteiger partial charge in [-0.2, -0.15) is 0 Å². The predicted octanol–water partition coefficient (Wildman–Crippen LogP) is 4.09. The summed E-state index contributed by atoms with van der Waals surface area (Å²) in [5, 5.41) is 3.43. The standard InChI is InChI=1S/C12H13BrN2OS/c1-8(12-6-14-7-17-12)15-11-5-9(16-2)3-4-10(11)13/h3-8,15H,1-2H3. The number of hydrogen-bond acceptors (Lipinski definition) is 4. The van der Waals surface area contributed by atoms with E-state index >= 15 is 0 Å². The Morgan fingerprint density at radius 1 is 1.47 bits per heavy atom. The van der Waals surface area contributed by atoms with E-state index in [0.717, 1.165) is 15.9 Å². The summed E-state index contributed by atoms with van der Waals surface area (Å²) in [6, 6.07) is 6.10. The number of aromatic nitrogens is 1. The van der Waals surface area contributed by atoms with Gasteiger partial charge in [-0.15, -0.1) is 11.3 Å². The lowest BCUT2D eigenvalue weighted by Gasteiger charge is -2.15. The van der Waals surface area contributed by atoms with E-state index in [1.807, 2.05) is 29.9 Å². The molecule has 17 heavy (non-hydrogen) atoms. The van der Waals surface area contributed by atoms with Gasteiger partial charge in [0.1, 0.15) is 5.75 Å². The summed E-state index contributed by atoms with van der Waals surface area (Å²) in [5.74, 6) is 0.840. The van der Waals surface area contributed by atoms with Crippen molar-refractivity contribution in [3.8, 4) is 5.75 Å². The van der Waals surface area contributed by atoms with E-state index in [2.05, 4.69) is 33.2 Å². The van der Waals surface area contributed by atoms with Crippen LogP contribution < -0.4 is 10.1 Å². The van der Waals surface area contributed by atoms with Gasteiger partial charge in [0.05, 0.1) is 24.3 Å². The summed E-state index contributed by atoms with van der Waals surface area (Å²) < 4.78 is 6.23. The molecule has 1 aromatic carbocycles. The molecule has 5 heteroatoms. The summed E-state index contributed by atoms with van der Waals surface area (Å²) >= 11 is 5.17. The lowest BCUT2D eigenvalue weighted by molar-refractivity contribution is 0.415. The SMILES string of the molecule is COc1ccc(Br)c(NC(C)c2cncs2)c1. The largest absolute Gasteiger partial charge is 0.497 e. The monoisotopic (exact) mass is 312 g/mol. The van der Waals surface area contributed by atoms with E-state index in [4.69, 9.17) is 4.74 Å². The molecular weight excluding hydrogens is 300 g/mol. The van der Waals surface area contributed by atoms with Gasteiger partial charge in [0.2, 0.25) is 0 Å². The van der Waals surface area contributed by atoms with E-state index in [1.165, 1.54) is 4.88 Å². The molecule has 0 saturated heterocycles. The van der Waals surface area contributed by atoms with Crippen molar-refractivity contribution in [1.29, 1.82) is 0 Å². The highest BCUT2D eigenvalue weighted by molar-refractivity contribution is 9.10. The van der Waals surface area contributed by atoms with Crippen LogP contribution in [0.15, 0.2) is 34.4 Å². The highest BCUT2D eigenvalue weighted by Gasteiger charge is 2.09. The minimum atomic E-state index is 0.228. The summed E-state index contributed by atoms with van der Waals surface area (Å²) in [6.07, 6.45) is 1.89. The third-order valence-corrected chi connectivity index (χ3v) is 4.07. The Balaban J connectivity index is 2.18. The number of ether oxygens (including phenoxy) is 1. The van der Waals surface area contributed by atoms with Crippen LogP contribution in [0.2, 0.25) is 0 Å². The van der Waals surface area contributed by atoms with Gasteiger partial charge in [-0.25, -0.2) is 0 Å². The molecule has 1 unspecified atom stereocenters. The van der Waals surface area contributed by atoms with E-state index in [-0.39, 0.29) is 6.04 Å². The van der Waals surface area contributed by atoms with Gasteiger partial charge >= 0.3 is 0 Å².